The maximum absolute atomic E-state index is 13.6. The van der Waals surface area contributed by atoms with Gasteiger partial charge in [0.1, 0.15) is 5.82 Å². The van der Waals surface area contributed by atoms with Crippen molar-refractivity contribution in [1.82, 2.24) is 5.32 Å². The Balaban J connectivity index is 3.02. The second-order valence-electron chi connectivity index (χ2n) is 4.20. The predicted molar refractivity (Wildman–Crippen MR) is 69.3 cm³/mol. The molecule has 2 N–H and O–H groups in total. The van der Waals surface area contributed by atoms with Crippen molar-refractivity contribution in [2.75, 3.05) is 6.61 Å². The molecule has 0 heterocycles. The minimum Gasteiger partial charge on any atom is -0.394 e. The van der Waals surface area contributed by atoms with E-state index in [0.717, 1.165) is 0 Å². The Morgan fingerprint density at radius 1 is 1.44 bits per heavy atom. The van der Waals surface area contributed by atoms with Crippen molar-refractivity contribution >= 4 is 17.5 Å². The topological polar surface area (TPSA) is 49.3 Å². The standard InChI is InChI=1S/C13H17ClFNO2/c1-3-13(4-2,8-17)16-12(18)11-9(14)6-5-7-10(11)15/h5-7,17H,3-4,8H2,1-2H3,(H,16,18). The van der Waals surface area contributed by atoms with Gasteiger partial charge in [0.25, 0.3) is 5.91 Å². The van der Waals surface area contributed by atoms with Gasteiger partial charge in [-0.2, -0.15) is 0 Å². The van der Waals surface area contributed by atoms with E-state index in [1.165, 1.54) is 18.2 Å². The molecule has 0 radical (unpaired) electrons. The van der Waals surface area contributed by atoms with Crippen LogP contribution in [0.2, 0.25) is 5.02 Å². The molecule has 0 saturated carbocycles. The minimum absolute atomic E-state index is 0.0616. The molecular formula is C13H17ClFNO2. The van der Waals surface area contributed by atoms with Gasteiger partial charge in [-0.05, 0) is 25.0 Å². The van der Waals surface area contributed by atoms with E-state index in [9.17, 15) is 14.3 Å². The molecule has 5 heteroatoms. The van der Waals surface area contributed by atoms with Crippen LogP contribution in [0.4, 0.5) is 4.39 Å². The molecule has 3 nitrogen and oxygen atoms in total. The summed E-state index contributed by atoms with van der Waals surface area (Å²) in [5.41, 5.74) is -0.915. The van der Waals surface area contributed by atoms with Crippen LogP contribution in [-0.4, -0.2) is 23.2 Å². The Morgan fingerprint density at radius 2 is 2.06 bits per heavy atom. The molecule has 0 saturated heterocycles. The molecule has 1 amide bonds. The Morgan fingerprint density at radius 3 is 2.50 bits per heavy atom. The molecule has 0 bridgehead atoms. The second kappa shape index (κ2) is 6.16. The summed E-state index contributed by atoms with van der Waals surface area (Å²) in [6.07, 6.45) is 1.11. The largest absolute Gasteiger partial charge is 0.394 e. The third-order valence-electron chi connectivity index (χ3n) is 3.22. The first-order chi connectivity index (χ1) is 8.49. The summed E-state index contributed by atoms with van der Waals surface area (Å²) in [4.78, 5) is 12.0. The van der Waals surface area contributed by atoms with Crippen LogP contribution in [0, 0.1) is 5.82 Å². The van der Waals surface area contributed by atoms with Gasteiger partial charge in [-0.3, -0.25) is 4.79 Å². The lowest BCUT2D eigenvalue weighted by molar-refractivity contribution is 0.0814. The molecular weight excluding hydrogens is 257 g/mol. The molecule has 1 aromatic carbocycles. The third-order valence-corrected chi connectivity index (χ3v) is 3.54. The average molecular weight is 274 g/mol. The van der Waals surface area contributed by atoms with E-state index in [2.05, 4.69) is 5.32 Å². The number of hydrogen-bond acceptors (Lipinski definition) is 2. The van der Waals surface area contributed by atoms with Gasteiger partial charge in [-0.15, -0.1) is 0 Å². The molecule has 0 fully saturated rings. The number of aliphatic hydroxyl groups excluding tert-OH is 1. The van der Waals surface area contributed by atoms with Crippen LogP contribution in [0.5, 0.6) is 0 Å². The average Bonchev–Trinajstić information content (AvgIpc) is 2.36. The molecule has 0 atom stereocenters. The summed E-state index contributed by atoms with van der Waals surface area (Å²) in [5, 5.41) is 12.1. The number of hydrogen-bond donors (Lipinski definition) is 2. The fraction of sp³-hybridized carbons (Fsp3) is 0.462. The van der Waals surface area contributed by atoms with Gasteiger partial charge < -0.3 is 10.4 Å². The van der Waals surface area contributed by atoms with E-state index in [1.807, 2.05) is 13.8 Å². The van der Waals surface area contributed by atoms with Crippen LogP contribution in [0.3, 0.4) is 0 Å². The fourth-order valence-electron chi connectivity index (χ4n) is 1.71. The van der Waals surface area contributed by atoms with Crippen molar-refractivity contribution in [1.29, 1.82) is 0 Å². The highest BCUT2D eigenvalue weighted by molar-refractivity contribution is 6.33. The van der Waals surface area contributed by atoms with Gasteiger partial charge >= 0.3 is 0 Å². The highest BCUT2D eigenvalue weighted by Gasteiger charge is 2.29. The van der Waals surface area contributed by atoms with Crippen molar-refractivity contribution in [3.63, 3.8) is 0 Å². The summed E-state index contributed by atoms with van der Waals surface area (Å²) < 4.78 is 13.6. The summed E-state index contributed by atoms with van der Waals surface area (Å²) in [5.74, 6) is -1.27. The fourth-order valence-corrected chi connectivity index (χ4v) is 1.96. The van der Waals surface area contributed by atoms with Crippen LogP contribution in [0.25, 0.3) is 0 Å². The van der Waals surface area contributed by atoms with Gasteiger partial charge in [0.2, 0.25) is 0 Å². The van der Waals surface area contributed by atoms with Crippen LogP contribution in [-0.2, 0) is 0 Å². The van der Waals surface area contributed by atoms with Gasteiger partial charge in [0.15, 0.2) is 0 Å². The van der Waals surface area contributed by atoms with Crippen molar-refractivity contribution < 1.29 is 14.3 Å². The maximum atomic E-state index is 13.6. The van der Waals surface area contributed by atoms with Crippen LogP contribution < -0.4 is 5.32 Å². The zero-order valence-corrected chi connectivity index (χ0v) is 11.2. The third kappa shape index (κ3) is 3.00. The van der Waals surface area contributed by atoms with E-state index in [0.29, 0.717) is 12.8 Å². The number of nitrogens with one attached hydrogen (secondary N) is 1. The van der Waals surface area contributed by atoms with Crippen molar-refractivity contribution in [3.05, 3.63) is 34.6 Å². The Hall–Kier alpha value is -1.13. The Labute approximate surface area is 111 Å². The lowest BCUT2D eigenvalue weighted by Gasteiger charge is -2.30. The molecule has 0 spiro atoms. The molecule has 100 valence electrons. The van der Waals surface area contributed by atoms with Gasteiger partial charge in [-0.1, -0.05) is 31.5 Å². The highest BCUT2D eigenvalue weighted by Crippen LogP contribution is 2.21. The van der Waals surface area contributed by atoms with Gasteiger partial charge in [0, 0.05) is 0 Å². The number of benzene rings is 1. The zero-order valence-electron chi connectivity index (χ0n) is 10.5. The van der Waals surface area contributed by atoms with E-state index in [1.54, 1.807) is 0 Å². The summed E-state index contributed by atoms with van der Waals surface area (Å²) in [6, 6.07) is 4.07. The molecule has 1 aromatic rings. The first-order valence-corrected chi connectivity index (χ1v) is 6.25. The van der Waals surface area contributed by atoms with Gasteiger partial charge in [0.05, 0.1) is 22.7 Å². The second-order valence-corrected chi connectivity index (χ2v) is 4.60. The Bertz CT molecular complexity index is 404. The molecule has 0 aliphatic carbocycles. The molecule has 0 unspecified atom stereocenters. The quantitative estimate of drug-likeness (QED) is 0.867. The minimum atomic E-state index is -0.733. The number of rotatable bonds is 5. The predicted octanol–water partition coefficient (Wildman–Crippen LogP) is 2.76. The summed E-state index contributed by atoms with van der Waals surface area (Å²) >= 11 is 5.82. The molecule has 0 aliphatic heterocycles. The number of carbonyl (C=O) groups is 1. The lowest BCUT2D eigenvalue weighted by atomic mass is 9.93. The highest BCUT2D eigenvalue weighted by atomic mass is 35.5. The normalized spacial score (nSPS) is 11.4. The number of amides is 1. The van der Waals surface area contributed by atoms with Crippen molar-refractivity contribution in [3.8, 4) is 0 Å². The Kier molecular flexibility index (Phi) is 5.11. The van der Waals surface area contributed by atoms with E-state index in [-0.39, 0.29) is 17.2 Å². The van der Waals surface area contributed by atoms with Crippen LogP contribution in [0.15, 0.2) is 18.2 Å². The van der Waals surface area contributed by atoms with Gasteiger partial charge in [-0.25, -0.2) is 4.39 Å². The SMILES string of the molecule is CCC(CC)(CO)NC(=O)c1c(F)cccc1Cl. The van der Waals surface area contributed by atoms with Crippen LogP contribution in [0.1, 0.15) is 37.0 Å². The number of aliphatic hydroxyl groups is 1. The van der Waals surface area contributed by atoms with Crippen molar-refractivity contribution in [2.24, 2.45) is 0 Å². The number of carbonyl (C=O) groups excluding carboxylic acids is 1. The summed E-state index contributed by atoms with van der Waals surface area (Å²) in [7, 11) is 0. The van der Waals surface area contributed by atoms with Crippen molar-refractivity contribution in [2.45, 2.75) is 32.2 Å². The first kappa shape index (κ1) is 14.9. The molecule has 1 rings (SSSR count). The monoisotopic (exact) mass is 273 g/mol. The van der Waals surface area contributed by atoms with E-state index in [4.69, 9.17) is 11.6 Å². The smallest absolute Gasteiger partial charge is 0.256 e. The lowest BCUT2D eigenvalue weighted by Crippen LogP contribution is -2.50. The molecule has 18 heavy (non-hydrogen) atoms. The first-order valence-electron chi connectivity index (χ1n) is 5.87. The summed E-state index contributed by atoms with van der Waals surface area (Å²) in [6.45, 7) is 3.50. The maximum Gasteiger partial charge on any atom is 0.256 e. The van der Waals surface area contributed by atoms with Crippen LogP contribution >= 0.6 is 11.6 Å². The molecule has 0 aromatic heterocycles. The number of halogens is 2. The van der Waals surface area contributed by atoms with E-state index < -0.39 is 17.3 Å². The molecule has 0 aliphatic rings. The zero-order chi connectivity index (χ0) is 13.8. The van der Waals surface area contributed by atoms with E-state index >= 15 is 0 Å².